The Hall–Kier alpha value is -1.40. The Morgan fingerprint density at radius 3 is 1.78 bits per heavy atom. The largest absolute Gasteiger partial charge is 0.369 e. The molecular formula is C23H32IN2O+. The SMILES string of the molecule is CC(C)[N+](C)(CCC(C(N)=O)(c1ccccc1)c1ccccc1)C(C)CI. The number of carbonyl (C=O) groups excluding carboxylic acids is 1. The van der Waals surface area contributed by atoms with E-state index >= 15 is 0 Å². The molecule has 0 aromatic heterocycles. The topological polar surface area (TPSA) is 43.1 Å². The van der Waals surface area contributed by atoms with Gasteiger partial charge < -0.3 is 10.2 Å². The van der Waals surface area contributed by atoms with E-state index in [1.807, 2.05) is 60.7 Å². The van der Waals surface area contributed by atoms with Crippen molar-refractivity contribution in [2.45, 2.75) is 44.7 Å². The van der Waals surface area contributed by atoms with Crippen molar-refractivity contribution in [1.29, 1.82) is 0 Å². The van der Waals surface area contributed by atoms with Crippen molar-refractivity contribution < 1.29 is 9.28 Å². The van der Waals surface area contributed by atoms with Gasteiger partial charge in [-0.15, -0.1) is 0 Å². The van der Waals surface area contributed by atoms with Gasteiger partial charge in [0.1, 0.15) is 5.41 Å². The van der Waals surface area contributed by atoms with Gasteiger partial charge in [-0.3, -0.25) is 4.79 Å². The molecule has 2 rings (SSSR count). The lowest BCUT2D eigenvalue weighted by atomic mass is 9.71. The Kier molecular flexibility index (Phi) is 7.46. The quantitative estimate of drug-likeness (QED) is 0.321. The molecule has 0 radical (unpaired) electrons. The highest BCUT2D eigenvalue weighted by Crippen LogP contribution is 2.37. The molecule has 0 spiro atoms. The summed E-state index contributed by atoms with van der Waals surface area (Å²) in [4.78, 5) is 13.0. The molecule has 0 saturated carbocycles. The molecular weight excluding hydrogens is 447 g/mol. The van der Waals surface area contributed by atoms with Crippen LogP contribution in [0.25, 0.3) is 0 Å². The van der Waals surface area contributed by atoms with E-state index in [-0.39, 0.29) is 5.91 Å². The molecule has 27 heavy (non-hydrogen) atoms. The highest BCUT2D eigenvalue weighted by molar-refractivity contribution is 14.1. The zero-order chi connectivity index (χ0) is 20.1. The Balaban J connectivity index is 2.55. The number of halogens is 1. The van der Waals surface area contributed by atoms with Crippen molar-refractivity contribution >= 4 is 28.5 Å². The number of quaternary nitrogens is 1. The number of rotatable bonds is 9. The smallest absolute Gasteiger partial charge is 0.232 e. The summed E-state index contributed by atoms with van der Waals surface area (Å²) < 4.78 is 1.99. The van der Waals surface area contributed by atoms with Gasteiger partial charge in [0.25, 0.3) is 0 Å². The minimum atomic E-state index is -0.818. The van der Waals surface area contributed by atoms with Crippen molar-refractivity contribution in [3.8, 4) is 0 Å². The number of hydrogen-bond acceptors (Lipinski definition) is 1. The normalized spacial score (nSPS) is 15.3. The van der Waals surface area contributed by atoms with Gasteiger partial charge in [-0.05, 0) is 31.9 Å². The Morgan fingerprint density at radius 2 is 1.44 bits per heavy atom. The minimum Gasteiger partial charge on any atom is -0.369 e. The lowest BCUT2D eigenvalue weighted by Gasteiger charge is -2.45. The van der Waals surface area contributed by atoms with Crippen molar-refractivity contribution in [1.82, 2.24) is 0 Å². The van der Waals surface area contributed by atoms with Gasteiger partial charge in [0.05, 0.1) is 30.1 Å². The summed E-state index contributed by atoms with van der Waals surface area (Å²) in [7, 11) is 2.30. The monoisotopic (exact) mass is 479 g/mol. The van der Waals surface area contributed by atoms with Crippen molar-refractivity contribution in [3.05, 3.63) is 71.8 Å². The predicted molar refractivity (Wildman–Crippen MR) is 122 cm³/mol. The fraction of sp³-hybridized carbons (Fsp3) is 0.435. The first-order valence-electron chi connectivity index (χ1n) is 9.61. The molecule has 0 aliphatic carbocycles. The van der Waals surface area contributed by atoms with Crippen molar-refractivity contribution in [3.63, 3.8) is 0 Å². The number of nitrogens with two attached hydrogens (primary N) is 1. The molecule has 0 bridgehead atoms. The standard InChI is InChI=1S/C23H31IN2O/c1-18(2)26(4,19(3)17-24)16-15-23(22(25)27,20-11-7-5-8-12-20)21-13-9-6-10-14-21/h5-14,18-19H,15-17H2,1-4H3,(H-,25,27)/p+1. The molecule has 2 aromatic rings. The molecule has 2 aromatic carbocycles. The highest BCUT2D eigenvalue weighted by Gasteiger charge is 2.43. The third-order valence-electron chi connectivity index (χ3n) is 6.33. The van der Waals surface area contributed by atoms with Crippen LogP contribution in [0.1, 0.15) is 38.3 Å². The zero-order valence-electron chi connectivity index (χ0n) is 16.9. The van der Waals surface area contributed by atoms with E-state index in [1.54, 1.807) is 0 Å². The molecule has 146 valence electrons. The van der Waals surface area contributed by atoms with Crippen molar-refractivity contribution in [2.24, 2.45) is 5.73 Å². The van der Waals surface area contributed by atoms with E-state index in [9.17, 15) is 4.79 Å². The van der Waals surface area contributed by atoms with Crippen LogP contribution in [-0.2, 0) is 10.2 Å². The van der Waals surface area contributed by atoms with Crippen LogP contribution in [0, 0.1) is 0 Å². The molecule has 1 amide bonds. The Bertz CT molecular complexity index is 693. The number of primary amides is 1. The maximum absolute atomic E-state index is 13.0. The van der Waals surface area contributed by atoms with Gasteiger partial charge in [0.15, 0.2) is 0 Å². The van der Waals surface area contributed by atoms with E-state index in [4.69, 9.17) is 5.73 Å². The Labute approximate surface area is 177 Å². The first kappa shape index (κ1) is 21.9. The maximum Gasteiger partial charge on any atom is 0.232 e. The van der Waals surface area contributed by atoms with Crippen LogP contribution >= 0.6 is 22.6 Å². The Morgan fingerprint density at radius 1 is 1.00 bits per heavy atom. The number of carbonyl (C=O) groups is 1. The maximum atomic E-state index is 13.0. The zero-order valence-corrected chi connectivity index (χ0v) is 19.0. The lowest BCUT2D eigenvalue weighted by molar-refractivity contribution is -0.948. The molecule has 2 N–H and O–H groups in total. The molecule has 0 fully saturated rings. The van der Waals surface area contributed by atoms with E-state index in [0.29, 0.717) is 18.5 Å². The van der Waals surface area contributed by atoms with Crippen LogP contribution in [-0.4, -0.2) is 40.5 Å². The summed E-state index contributed by atoms with van der Waals surface area (Å²) in [5.74, 6) is -0.280. The molecule has 0 saturated heterocycles. The third kappa shape index (κ3) is 4.37. The summed E-state index contributed by atoms with van der Waals surface area (Å²) >= 11 is 2.46. The molecule has 2 atom stereocenters. The molecule has 4 heteroatoms. The minimum absolute atomic E-state index is 0.280. The van der Waals surface area contributed by atoms with Gasteiger partial charge >= 0.3 is 0 Å². The number of amides is 1. The van der Waals surface area contributed by atoms with Gasteiger partial charge in [-0.2, -0.15) is 0 Å². The number of benzene rings is 2. The molecule has 0 aliphatic heterocycles. The summed E-state index contributed by atoms with van der Waals surface area (Å²) in [5.41, 5.74) is 7.23. The highest BCUT2D eigenvalue weighted by atomic mass is 127. The van der Waals surface area contributed by atoms with Gasteiger partial charge in [-0.1, -0.05) is 83.3 Å². The van der Waals surface area contributed by atoms with E-state index in [2.05, 4.69) is 50.4 Å². The van der Waals surface area contributed by atoms with Gasteiger partial charge in [-0.25, -0.2) is 0 Å². The number of nitrogens with zero attached hydrogens (tertiary/aromatic N) is 1. The van der Waals surface area contributed by atoms with Crippen LogP contribution in [0.5, 0.6) is 0 Å². The van der Waals surface area contributed by atoms with Crippen molar-refractivity contribution in [2.75, 3.05) is 18.0 Å². The second-order valence-corrected chi connectivity index (χ2v) is 8.80. The summed E-state index contributed by atoms with van der Waals surface area (Å²) in [6, 6.07) is 21.0. The molecule has 3 nitrogen and oxygen atoms in total. The fourth-order valence-electron chi connectivity index (χ4n) is 3.86. The summed E-state index contributed by atoms with van der Waals surface area (Å²) in [5, 5.41) is 0. The fourth-order valence-corrected chi connectivity index (χ4v) is 4.76. The van der Waals surface area contributed by atoms with Crippen LogP contribution < -0.4 is 5.73 Å². The second-order valence-electron chi connectivity index (χ2n) is 7.92. The summed E-state index contributed by atoms with van der Waals surface area (Å²) in [6.07, 6.45) is 0.687. The predicted octanol–water partition coefficient (Wildman–Crippen LogP) is 4.53. The summed E-state index contributed by atoms with van der Waals surface area (Å²) in [6.45, 7) is 7.71. The molecule has 2 unspecified atom stereocenters. The van der Waals surface area contributed by atoms with E-state index < -0.39 is 5.41 Å². The first-order valence-corrected chi connectivity index (χ1v) is 11.1. The van der Waals surface area contributed by atoms with Crippen LogP contribution in [0.2, 0.25) is 0 Å². The lowest BCUT2D eigenvalue weighted by Crippen LogP contribution is -2.58. The van der Waals surface area contributed by atoms with Crippen LogP contribution in [0.4, 0.5) is 0 Å². The van der Waals surface area contributed by atoms with Crippen LogP contribution in [0.15, 0.2) is 60.7 Å². The third-order valence-corrected chi connectivity index (χ3v) is 7.61. The average molecular weight is 479 g/mol. The first-order chi connectivity index (χ1) is 12.8. The van der Waals surface area contributed by atoms with E-state index in [1.165, 1.54) is 0 Å². The van der Waals surface area contributed by atoms with E-state index in [0.717, 1.165) is 26.6 Å². The average Bonchev–Trinajstić information content (AvgIpc) is 2.68. The number of hydrogen-bond donors (Lipinski definition) is 1. The van der Waals surface area contributed by atoms with Gasteiger partial charge in [0, 0.05) is 6.42 Å². The molecule has 0 heterocycles. The molecule has 0 aliphatic rings. The van der Waals surface area contributed by atoms with Crippen LogP contribution in [0.3, 0.4) is 0 Å². The van der Waals surface area contributed by atoms with Gasteiger partial charge in [0.2, 0.25) is 5.91 Å². The number of alkyl halides is 1. The second kappa shape index (κ2) is 9.20.